The number of anilines is 1. The van der Waals surface area contributed by atoms with Gasteiger partial charge in [0.2, 0.25) is 0 Å². The average Bonchev–Trinajstić information content (AvgIpc) is 3.47. The van der Waals surface area contributed by atoms with E-state index in [0.29, 0.717) is 17.0 Å². The van der Waals surface area contributed by atoms with Gasteiger partial charge in [0.05, 0.1) is 48.7 Å². The topological polar surface area (TPSA) is 139 Å². The van der Waals surface area contributed by atoms with Gasteiger partial charge in [0.1, 0.15) is 17.0 Å². The van der Waals surface area contributed by atoms with Gasteiger partial charge in [0.25, 0.3) is 10.1 Å². The second kappa shape index (κ2) is 15.6. The smallest absolute Gasteiger partial charge is 0.419 e. The number of amides is 1. The number of ether oxygens (including phenoxy) is 3. The maximum absolute atomic E-state index is 13.3. The normalized spacial score (nSPS) is 12.1. The van der Waals surface area contributed by atoms with E-state index in [-0.39, 0.29) is 31.3 Å². The first-order chi connectivity index (χ1) is 24.5. The molecular weight excluding hydrogens is 685 g/mol. The minimum atomic E-state index is -3.91. The molecule has 3 heterocycles. The van der Waals surface area contributed by atoms with E-state index < -0.39 is 33.5 Å². The Labute approximate surface area is 304 Å². The first-order valence-corrected chi connectivity index (χ1v) is 18.2. The highest BCUT2D eigenvalue weighted by atomic mass is 32.2. The van der Waals surface area contributed by atoms with Crippen LogP contribution in [0.5, 0.6) is 0 Å². The zero-order valence-corrected chi connectivity index (χ0v) is 31.3. The summed E-state index contributed by atoms with van der Waals surface area (Å²) in [6.45, 7) is 12.6. The third-order valence-corrected chi connectivity index (χ3v) is 8.90. The SMILES string of the molecule is Cc1ccc(S(=O)(=O)OCCOCCN(C(=O)OC(C)(C)C)c2ccc(-c3ccc(-c4cc5ccncc5n4C(=O)OC(C)(C)C)cc3)cn2)cc1. The number of aromatic nitrogens is 3. The maximum Gasteiger partial charge on any atom is 0.419 e. The largest absolute Gasteiger partial charge is 0.443 e. The van der Waals surface area contributed by atoms with Gasteiger partial charge in [-0.2, -0.15) is 8.42 Å². The van der Waals surface area contributed by atoms with Crippen molar-refractivity contribution in [1.29, 1.82) is 0 Å². The molecule has 274 valence electrons. The maximum atomic E-state index is 13.3. The molecule has 2 aromatic carbocycles. The molecule has 52 heavy (non-hydrogen) atoms. The van der Waals surface area contributed by atoms with Crippen LogP contribution in [0.2, 0.25) is 0 Å². The summed E-state index contributed by atoms with van der Waals surface area (Å²) in [5, 5.41) is 0.860. The van der Waals surface area contributed by atoms with Crippen LogP contribution in [-0.2, 0) is 28.5 Å². The Bertz CT molecular complexity index is 2120. The fourth-order valence-electron chi connectivity index (χ4n) is 5.16. The third kappa shape index (κ3) is 9.81. The molecule has 0 atom stereocenters. The Hall–Kier alpha value is -5.11. The highest BCUT2D eigenvalue weighted by molar-refractivity contribution is 7.86. The van der Waals surface area contributed by atoms with Crippen LogP contribution in [0, 0.1) is 6.92 Å². The van der Waals surface area contributed by atoms with Gasteiger partial charge in [-0.15, -0.1) is 0 Å². The summed E-state index contributed by atoms with van der Waals surface area (Å²) < 4.78 is 48.5. The molecule has 0 saturated carbocycles. The Balaban J connectivity index is 1.27. The molecule has 5 aromatic rings. The summed E-state index contributed by atoms with van der Waals surface area (Å²) in [6.07, 6.45) is 3.89. The van der Waals surface area contributed by atoms with Crippen molar-refractivity contribution >= 4 is 39.0 Å². The van der Waals surface area contributed by atoms with Crippen molar-refractivity contribution in [3.05, 3.63) is 97.0 Å². The van der Waals surface area contributed by atoms with Gasteiger partial charge in [-0.3, -0.25) is 14.1 Å². The van der Waals surface area contributed by atoms with E-state index in [4.69, 9.17) is 18.4 Å². The van der Waals surface area contributed by atoms with Crippen molar-refractivity contribution in [2.75, 3.05) is 31.3 Å². The third-order valence-electron chi connectivity index (χ3n) is 7.57. The van der Waals surface area contributed by atoms with Crippen LogP contribution < -0.4 is 4.90 Å². The summed E-state index contributed by atoms with van der Waals surface area (Å²) >= 11 is 0. The van der Waals surface area contributed by atoms with Gasteiger partial charge < -0.3 is 14.2 Å². The Morgan fingerprint density at radius 2 is 1.42 bits per heavy atom. The van der Waals surface area contributed by atoms with Crippen molar-refractivity contribution in [2.24, 2.45) is 0 Å². The summed E-state index contributed by atoms with van der Waals surface area (Å²) in [5.74, 6) is 0.354. The van der Waals surface area contributed by atoms with E-state index in [0.717, 1.165) is 27.6 Å². The summed E-state index contributed by atoms with van der Waals surface area (Å²) in [7, 11) is -3.91. The number of hydrogen-bond acceptors (Lipinski definition) is 10. The minimum Gasteiger partial charge on any atom is -0.443 e. The van der Waals surface area contributed by atoms with Gasteiger partial charge in [-0.25, -0.2) is 19.1 Å². The summed E-state index contributed by atoms with van der Waals surface area (Å²) in [4.78, 5) is 36.7. The first kappa shape index (κ1) is 38.1. The van der Waals surface area contributed by atoms with Crippen LogP contribution in [0.3, 0.4) is 0 Å². The molecule has 0 aliphatic carbocycles. The number of carbonyl (C=O) groups excluding carboxylic acids is 2. The van der Waals surface area contributed by atoms with Crippen molar-refractivity contribution in [3.8, 4) is 22.4 Å². The highest BCUT2D eigenvalue weighted by Gasteiger charge is 2.25. The van der Waals surface area contributed by atoms with Gasteiger partial charge >= 0.3 is 12.2 Å². The predicted octanol–water partition coefficient (Wildman–Crippen LogP) is 8.02. The molecule has 0 unspecified atom stereocenters. The zero-order valence-electron chi connectivity index (χ0n) is 30.5. The quantitative estimate of drug-likeness (QED) is 0.0970. The number of aryl methyl sites for hydroxylation is 1. The van der Waals surface area contributed by atoms with E-state index in [9.17, 15) is 18.0 Å². The Morgan fingerprint density at radius 1 is 0.769 bits per heavy atom. The van der Waals surface area contributed by atoms with Crippen molar-refractivity contribution in [2.45, 2.75) is 64.6 Å². The predicted molar refractivity (Wildman–Crippen MR) is 199 cm³/mol. The molecule has 0 saturated heterocycles. The molecular formula is C39H44N4O8S. The lowest BCUT2D eigenvalue weighted by Crippen LogP contribution is -2.39. The van der Waals surface area contributed by atoms with E-state index in [1.165, 1.54) is 21.6 Å². The molecule has 0 spiro atoms. The molecule has 13 heteroatoms. The van der Waals surface area contributed by atoms with E-state index in [2.05, 4.69) is 9.97 Å². The number of fused-ring (bicyclic) bond motifs is 1. The van der Waals surface area contributed by atoms with E-state index in [1.54, 1.807) is 57.6 Å². The van der Waals surface area contributed by atoms with E-state index in [1.807, 2.05) is 70.2 Å². The molecule has 0 bridgehead atoms. The lowest BCUT2D eigenvalue weighted by molar-refractivity contribution is 0.0538. The van der Waals surface area contributed by atoms with E-state index >= 15 is 0 Å². The summed E-state index contributed by atoms with van der Waals surface area (Å²) in [5.41, 5.74) is 3.32. The second-order valence-corrected chi connectivity index (χ2v) is 15.7. The monoisotopic (exact) mass is 728 g/mol. The minimum absolute atomic E-state index is 0.00890. The van der Waals surface area contributed by atoms with Crippen LogP contribution in [0.1, 0.15) is 47.1 Å². The molecule has 1 amide bonds. The fraction of sp³-hybridized carbons (Fsp3) is 0.333. The zero-order chi connectivity index (χ0) is 37.7. The number of nitrogens with zero attached hydrogens (tertiary/aromatic N) is 4. The molecule has 5 rings (SSSR count). The van der Waals surface area contributed by atoms with Crippen molar-refractivity contribution in [1.82, 2.24) is 14.5 Å². The number of rotatable bonds is 11. The molecule has 0 aliphatic heterocycles. The van der Waals surface area contributed by atoms with Crippen molar-refractivity contribution < 1.29 is 36.4 Å². The van der Waals surface area contributed by atoms with Crippen LogP contribution in [-0.4, -0.2) is 72.7 Å². The standard InChI is InChI=1S/C39H44N4O8S/c1-27-8-15-32(16-9-27)52(46,47)49-23-22-48-21-20-42(36(44)50-38(2,3)4)35-17-14-31(25-41-35)28-10-12-29(13-11-28)33-24-30-18-19-40-26-34(30)43(33)37(45)51-39(5,6)7/h8-19,24-26H,20-23H2,1-7H3. The van der Waals surface area contributed by atoms with Crippen LogP contribution in [0.4, 0.5) is 15.4 Å². The average molecular weight is 729 g/mol. The van der Waals surface area contributed by atoms with Gasteiger partial charge in [0, 0.05) is 23.3 Å². The molecule has 0 fully saturated rings. The number of carbonyl (C=O) groups is 2. The molecule has 12 nitrogen and oxygen atoms in total. The van der Waals surface area contributed by atoms with Gasteiger partial charge in [-0.1, -0.05) is 42.0 Å². The molecule has 3 aromatic heterocycles. The Morgan fingerprint density at radius 3 is 2.06 bits per heavy atom. The van der Waals surface area contributed by atoms with Crippen LogP contribution in [0.15, 0.2) is 96.3 Å². The lowest BCUT2D eigenvalue weighted by atomic mass is 10.0. The first-order valence-electron chi connectivity index (χ1n) is 16.8. The highest BCUT2D eigenvalue weighted by Crippen LogP contribution is 2.31. The number of benzene rings is 2. The van der Waals surface area contributed by atoms with Crippen LogP contribution >= 0.6 is 0 Å². The molecule has 0 radical (unpaired) electrons. The number of hydrogen-bond donors (Lipinski definition) is 0. The summed E-state index contributed by atoms with van der Waals surface area (Å²) in [6, 6.07) is 21.4. The Kier molecular flexibility index (Phi) is 11.5. The van der Waals surface area contributed by atoms with Crippen molar-refractivity contribution in [3.63, 3.8) is 0 Å². The molecule has 0 aliphatic rings. The fourth-order valence-corrected chi connectivity index (χ4v) is 6.06. The van der Waals surface area contributed by atoms with Gasteiger partial charge in [0.15, 0.2) is 0 Å². The number of pyridine rings is 2. The van der Waals surface area contributed by atoms with Crippen LogP contribution in [0.25, 0.3) is 33.3 Å². The van der Waals surface area contributed by atoms with Gasteiger partial charge in [-0.05, 0) is 96.0 Å². The molecule has 0 N–H and O–H groups in total. The second-order valence-electron chi connectivity index (χ2n) is 14.1. The lowest BCUT2D eigenvalue weighted by Gasteiger charge is -2.26.